The summed E-state index contributed by atoms with van der Waals surface area (Å²) in [6, 6.07) is 7.73. The van der Waals surface area contributed by atoms with Crippen LogP contribution in [0.25, 0.3) is 0 Å². The Morgan fingerprint density at radius 1 is 1.32 bits per heavy atom. The van der Waals surface area contributed by atoms with Gasteiger partial charge in [0.1, 0.15) is 5.75 Å². The van der Waals surface area contributed by atoms with Gasteiger partial charge in [0.15, 0.2) is 0 Å². The van der Waals surface area contributed by atoms with Gasteiger partial charge in [-0.1, -0.05) is 12.1 Å². The fourth-order valence-corrected chi connectivity index (χ4v) is 2.42. The van der Waals surface area contributed by atoms with E-state index in [1.807, 2.05) is 38.1 Å². The lowest BCUT2D eigenvalue weighted by atomic mass is 10.0. The Hall–Kier alpha value is -1.06. The van der Waals surface area contributed by atoms with Crippen molar-refractivity contribution in [2.24, 2.45) is 0 Å². The molecule has 2 rings (SSSR count). The number of ether oxygens (including phenoxy) is 2. The lowest BCUT2D eigenvalue weighted by molar-refractivity contribution is 0.0812. The molecule has 3 heteroatoms. The third-order valence-electron chi connectivity index (χ3n) is 3.42. The van der Waals surface area contributed by atoms with Gasteiger partial charge < -0.3 is 14.6 Å². The topological polar surface area (TPSA) is 38.7 Å². The highest BCUT2D eigenvalue weighted by Crippen LogP contribution is 2.25. The van der Waals surface area contributed by atoms with Gasteiger partial charge in [-0.25, -0.2) is 0 Å². The van der Waals surface area contributed by atoms with Crippen LogP contribution in [0.4, 0.5) is 0 Å². The SMILES string of the molecule is CC(C)Oc1ccc(C(O)CCC2CCCO2)cc1. The molecule has 1 heterocycles. The molecular formula is C16H24O3. The molecule has 2 atom stereocenters. The molecule has 0 aliphatic carbocycles. The van der Waals surface area contributed by atoms with Crippen molar-refractivity contribution in [1.82, 2.24) is 0 Å². The third-order valence-corrected chi connectivity index (χ3v) is 3.42. The molecular weight excluding hydrogens is 240 g/mol. The number of aliphatic hydroxyl groups is 1. The first-order valence-electron chi connectivity index (χ1n) is 7.21. The second-order valence-electron chi connectivity index (χ2n) is 5.46. The van der Waals surface area contributed by atoms with E-state index in [1.54, 1.807) is 0 Å². The minimum atomic E-state index is -0.405. The minimum absolute atomic E-state index is 0.176. The van der Waals surface area contributed by atoms with E-state index in [1.165, 1.54) is 0 Å². The Kier molecular flexibility index (Phi) is 5.23. The van der Waals surface area contributed by atoms with Gasteiger partial charge in [0, 0.05) is 6.61 Å². The van der Waals surface area contributed by atoms with Crippen LogP contribution in [0, 0.1) is 0 Å². The van der Waals surface area contributed by atoms with Gasteiger partial charge in [0.05, 0.1) is 18.3 Å². The molecule has 0 radical (unpaired) electrons. The van der Waals surface area contributed by atoms with E-state index in [0.717, 1.165) is 43.6 Å². The van der Waals surface area contributed by atoms with Crippen LogP contribution in [0.3, 0.4) is 0 Å². The second kappa shape index (κ2) is 6.92. The predicted molar refractivity (Wildman–Crippen MR) is 75.4 cm³/mol. The molecule has 0 spiro atoms. The number of hydrogen-bond acceptors (Lipinski definition) is 3. The van der Waals surface area contributed by atoms with E-state index < -0.39 is 6.10 Å². The fraction of sp³-hybridized carbons (Fsp3) is 0.625. The van der Waals surface area contributed by atoms with Gasteiger partial charge in [-0.2, -0.15) is 0 Å². The molecule has 1 fully saturated rings. The summed E-state index contributed by atoms with van der Waals surface area (Å²) in [6.45, 7) is 4.89. The van der Waals surface area contributed by atoms with Crippen molar-refractivity contribution < 1.29 is 14.6 Å². The molecule has 1 saturated heterocycles. The highest BCUT2D eigenvalue weighted by molar-refractivity contribution is 5.28. The van der Waals surface area contributed by atoms with Gasteiger partial charge in [-0.3, -0.25) is 0 Å². The highest BCUT2D eigenvalue weighted by Gasteiger charge is 2.17. The van der Waals surface area contributed by atoms with E-state index in [4.69, 9.17) is 9.47 Å². The number of aliphatic hydroxyl groups excluding tert-OH is 1. The molecule has 3 nitrogen and oxygen atoms in total. The smallest absolute Gasteiger partial charge is 0.119 e. The summed E-state index contributed by atoms with van der Waals surface area (Å²) in [5, 5.41) is 10.2. The van der Waals surface area contributed by atoms with Crippen LogP contribution in [0.15, 0.2) is 24.3 Å². The first kappa shape index (κ1) is 14.4. The Balaban J connectivity index is 1.82. The number of benzene rings is 1. The molecule has 0 aromatic heterocycles. The summed E-state index contributed by atoms with van der Waals surface area (Å²) in [5.41, 5.74) is 0.953. The maximum atomic E-state index is 10.2. The van der Waals surface area contributed by atoms with Crippen molar-refractivity contribution in [2.75, 3.05) is 6.61 Å². The van der Waals surface area contributed by atoms with Crippen molar-refractivity contribution in [3.8, 4) is 5.75 Å². The first-order valence-corrected chi connectivity index (χ1v) is 7.21. The zero-order valence-electron chi connectivity index (χ0n) is 11.8. The van der Waals surface area contributed by atoms with Gasteiger partial charge in [0.25, 0.3) is 0 Å². The van der Waals surface area contributed by atoms with Crippen LogP contribution in [0.1, 0.15) is 51.2 Å². The summed E-state index contributed by atoms with van der Waals surface area (Å²) in [6.07, 6.45) is 4.10. The van der Waals surface area contributed by atoms with Crippen LogP contribution in [-0.4, -0.2) is 23.9 Å². The van der Waals surface area contributed by atoms with Crippen molar-refractivity contribution >= 4 is 0 Å². The molecule has 19 heavy (non-hydrogen) atoms. The molecule has 0 amide bonds. The molecule has 1 aliphatic heterocycles. The standard InChI is InChI=1S/C16H24O3/c1-12(2)19-15-7-5-13(6-8-15)16(17)10-9-14-4-3-11-18-14/h5-8,12,14,16-17H,3-4,9-11H2,1-2H3. The van der Waals surface area contributed by atoms with Gasteiger partial charge in [-0.15, -0.1) is 0 Å². The van der Waals surface area contributed by atoms with Gasteiger partial charge in [0.2, 0.25) is 0 Å². The Morgan fingerprint density at radius 3 is 2.63 bits per heavy atom. The van der Waals surface area contributed by atoms with Gasteiger partial charge >= 0.3 is 0 Å². The third kappa shape index (κ3) is 4.51. The lowest BCUT2D eigenvalue weighted by Gasteiger charge is -2.15. The second-order valence-corrected chi connectivity index (χ2v) is 5.46. The zero-order valence-corrected chi connectivity index (χ0v) is 11.8. The van der Waals surface area contributed by atoms with E-state index in [9.17, 15) is 5.11 Å². The summed E-state index contributed by atoms with van der Waals surface area (Å²) in [4.78, 5) is 0. The van der Waals surface area contributed by atoms with Crippen LogP contribution < -0.4 is 4.74 Å². The van der Waals surface area contributed by atoms with E-state index >= 15 is 0 Å². The molecule has 106 valence electrons. The Labute approximate surface area is 115 Å². The van der Waals surface area contributed by atoms with Crippen LogP contribution >= 0.6 is 0 Å². The van der Waals surface area contributed by atoms with Crippen LogP contribution in [0.2, 0.25) is 0 Å². The maximum absolute atomic E-state index is 10.2. The van der Waals surface area contributed by atoms with Crippen molar-refractivity contribution in [1.29, 1.82) is 0 Å². The monoisotopic (exact) mass is 264 g/mol. The minimum Gasteiger partial charge on any atom is -0.491 e. The van der Waals surface area contributed by atoms with Crippen molar-refractivity contribution in [3.05, 3.63) is 29.8 Å². The molecule has 1 N–H and O–H groups in total. The summed E-state index contributed by atoms with van der Waals surface area (Å²) >= 11 is 0. The quantitative estimate of drug-likeness (QED) is 0.855. The highest BCUT2D eigenvalue weighted by atomic mass is 16.5. The predicted octanol–water partition coefficient (Wildman–Crippen LogP) is 3.47. The average molecular weight is 264 g/mol. The van der Waals surface area contributed by atoms with E-state index in [-0.39, 0.29) is 6.10 Å². The zero-order chi connectivity index (χ0) is 13.7. The molecule has 1 aromatic carbocycles. The normalized spacial score (nSPS) is 20.7. The number of hydrogen-bond donors (Lipinski definition) is 1. The van der Waals surface area contributed by atoms with Crippen molar-refractivity contribution in [2.45, 2.75) is 57.8 Å². The van der Waals surface area contributed by atoms with Crippen LogP contribution in [0.5, 0.6) is 5.75 Å². The van der Waals surface area contributed by atoms with Gasteiger partial charge in [-0.05, 0) is 57.2 Å². The molecule has 0 saturated carbocycles. The molecule has 0 bridgehead atoms. The first-order chi connectivity index (χ1) is 9.15. The Bertz CT molecular complexity index is 366. The average Bonchev–Trinajstić information content (AvgIpc) is 2.89. The van der Waals surface area contributed by atoms with E-state index in [2.05, 4.69) is 0 Å². The van der Waals surface area contributed by atoms with E-state index in [0.29, 0.717) is 6.10 Å². The summed E-state index contributed by atoms with van der Waals surface area (Å²) < 4.78 is 11.2. The number of rotatable bonds is 6. The maximum Gasteiger partial charge on any atom is 0.119 e. The molecule has 1 aliphatic rings. The lowest BCUT2D eigenvalue weighted by Crippen LogP contribution is -2.08. The van der Waals surface area contributed by atoms with Crippen LogP contribution in [-0.2, 0) is 4.74 Å². The fourth-order valence-electron chi connectivity index (χ4n) is 2.42. The Morgan fingerprint density at radius 2 is 2.05 bits per heavy atom. The molecule has 2 unspecified atom stereocenters. The van der Waals surface area contributed by atoms with Crippen molar-refractivity contribution in [3.63, 3.8) is 0 Å². The molecule has 1 aromatic rings. The largest absolute Gasteiger partial charge is 0.491 e. The summed E-state index contributed by atoms with van der Waals surface area (Å²) in [5.74, 6) is 0.852. The summed E-state index contributed by atoms with van der Waals surface area (Å²) in [7, 11) is 0.